The van der Waals surface area contributed by atoms with Gasteiger partial charge in [-0.25, -0.2) is 0 Å². The summed E-state index contributed by atoms with van der Waals surface area (Å²) in [6.45, 7) is 5.24. The Kier molecular flexibility index (Phi) is 6.76. The molecule has 1 heterocycles. The number of rotatable bonds is 6. The average Bonchev–Trinajstić information content (AvgIpc) is 2.76. The van der Waals surface area contributed by atoms with Gasteiger partial charge < -0.3 is 5.32 Å². The number of nitrogens with one attached hydrogen (secondary N) is 1. The largest absolute Gasteiger partial charge is 0.310 e. The molecule has 21 heavy (non-hydrogen) atoms. The fourth-order valence-electron chi connectivity index (χ4n) is 2.24. The number of aryl methyl sites for hydroxylation is 1. The number of hydrogen-bond donors (Lipinski definition) is 1. The fourth-order valence-corrected chi connectivity index (χ4v) is 5.53. The highest BCUT2D eigenvalue weighted by Crippen LogP contribution is 2.37. The molecule has 1 atom stereocenters. The smallest absolute Gasteiger partial charge is 0.0758 e. The maximum Gasteiger partial charge on any atom is 0.0758 e. The summed E-state index contributed by atoms with van der Waals surface area (Å²) < 4.78 is 2.31. The lowest BCUT2D eigenvalue weighted by Crippen LogP contribution is -2.24. The molecule has 1 aromatic heterocycles. The van der Waals surface area contributed by atoms with Crippen LogP contribution in [0.4, 0.5) is 0 Å². The second kappa shape index (κ2) is 8.11. The fraction of sp³-hybridized carbons (Fsp3) is 0.375. The standard InChI is InChI=1S/C16H18Br2ClNS/c1-3-6-20-14(12-9-15(17)21-16(12)18)8-11-5-4-10(2)7-13(11)19/h4-5,7,9,14,20H,3,6,8H2,1-2H3. The third-order valence-electron chi connectivity index (χ3n) is 3.33. The molecule has 0 radical (unpaired) electrons. The van der Waals surface area contributed by atoms with Crippen LogP contribution in [0.5, 0.6) is 0 Å². The van der Waals surface area contributed by atoms with Gasteiger partial charge >= 0.3 is 0 Å². The quantitative estimate of drug-likeness (QED) is 0.527. The van der Waals surface area contributed by atoms with Gasteiger partial charge in [0.25, 0.3) is 0 Å². The summed E-state index contributed by atoms with van der Waals surface area (Å²) in [5.41, 5.74) is 3.67. The first-order valence-electron chi connectivity index (χ1n) is 6.94. The molecule has 0 saturated heterocycles. The molecule has 2 rings (SSSR count). The molecular formula is C16H18Br2ClNS. The van der Waals surface area contributed by atoms with Crippen molar-refractivity contribution in [2.45, 2.75) is 32.7 Å². The van der Waals surface area contributed by atoms with Crippen LogP contribution in [0.3, 0.4) is 0 Å². The zero-order valence-corrected chi connectivity index (χ0v) is 16.8. The van der Waals surface area contributed by atoms with Crippen LogP contribution in [-0.2, 0) is 6.42 Å². The van der Waals surface area contributed by atoms with E-state index in [2.05, 4.69) is 69.2 Å². The molecule has 1 aromatic carbocycles. The van der Waals surface area contributed by atoms with Crippen molar-refractivity contribution in [3.8, 4) is 0 Å². The SMILES string of the molecule is CCCNC(Cc1ccc(C)cc1Cl)c1cc(Br)sc1Br. The van der Waals surface area contributed by atoms with Gasteiger partial charge in [0.2, 0.25) is 0 Å². The Bertz CT molecular complexity index is 612. The van der Waals surface area contributed by atoms with Gasteiger partial charge in [-0.2, -0.15) is 0 Å². The summed E-state index contributed by atoms with van der Waals surface area (Å²) >= 11 is 15.3. The number of thiophene rings is 1. The van der Waals surface area contributed by atoms with Crippen molar-refractivity contribution in [1.29, 1.82) is 0 Å². The van der Waals surface area contributed by atoms with Crippen molar-refractivity contribution in [3.63, 3.8) is 0 Å². The zero-order valence-electron chi connectivity index (χ0n) is 12.1. The van der Waals surface area contributed by atoms with Crippen molar-refractivity contribution in [3.05, 3.63) is 53.6 Å². The van der Waals surface area contributed by atoms with E-state index in [-0.39, 0.29) is 6.04 Å². The van der Waals surface area contributed by atoms with Crippen LogP contribution in [0.2, 0.25) is 5.02 Å². The third kappa shape index (κ3) is 4.80. The Labute approximate surface area is 152 Å². The van der Waals surface area contributed by atoms with E-state index in [0.717, 1.165) is 28.2 Å². The molecule has 1 nitrogen and oxygen atoms in total. The summed E-state index contributed by atoms with van der Waals surface area (Å²) in [6.07, 6.45) is 2.00. The zero-order chi connectivity index (χ0) is 15.4. The van der Waals surface area contributed by atoms with Crippen molar-refractivity contribution in [2.24, 2.45) is 0 Å². The monoisotopic (exact) mass is 449 g/mol. The number of benzene rings is 1. The molecule has 5 heteroatoms. The van der Waals surface area contributed by atoms with Gasteiger partial charge in [0.1, 0.15) is 0 Å². The van der Waals surface area contributed by atoms with Gasteiger partial charge in [-0.15, -0.1) is 11.3 Å². The van der Waals surface area contributed by atoms with E-state index in [1.807, 2.05) is 6.07 Å². The number of halogens is 3. The lowest BCUT2D eigenvalue weighted by molar-refractivity contribution is 0.529. The Balaban J connectivity index is 2.26. The van der Waals surface area contributed by atoms with Crippen LogP contribution in [0.15, 0.2) is 31.8 Å². The Morgan fingerprint density at radius 1 is 1.29 bits per heavy atom. The highest BCUT2D eigenvalue weighted by Gasteiger charge is 2.18. The minimum absolute atomic E-state index is 0.266. The maximum atomic E-state index is 6.39. The summed E-state index contributed by atoms with van der Waals surface area (Å²) in [4.78, 5) is 0. The summed E-state index contributed by atoms with van der Waals surface area (Å²) in [6, 6.07) is 8.74. The summed E-state index contributed by atoms with van der Waals surface area (Å²) in [7, 11) is 0. The summed E-state index contributed by atoms with van der Waals surface area (Å²) in [5.74, 6) is 0. The first-order chi connectivity index (χ1) is 10.0. The van der Waals surface area contributed by atoms with Crippen molar-refractivity contribution in [1.82, 2.24) is 5.32 Å². The van der Waals surface area contributed by atoms with Crippen LogP contribution in [0.25, 0.3) is 0 Å². The van der Waals surface area contributed by atoms with E-state index < -0.39 is 0 Å². The lowest BCUT2D eigenvalue weighted by Gasteiger charge is -2.19. The molecule has 0 saturated carbocycles. The Morgan fingerprint density at radius 2 is 2.05 bits per heavy atom. The van der Waals surface area contributed by atoms with Gasteiger partial charge in [-0.05, 0) is 87.0 Å². The first kappa shape index (κ1) is 17.5. The molecule has 2 aromatic rings. The van der Waals surface area contributed by atoms with E-state index >= 15 is 0 Å². The second-order valence-corrected chi connectivity index (χ2v) is 9.24. The van der Waals surface area contributed by atoms with Crippen LogP contribution >= 0.6 is 54.8 Å². The minimum atomic E-state index is 0.266. The third-order valence-corrected chi connectivity index (χ3v) is 6.07. The molecule has 0 amide bonds. The van der Waals surface area contributed by atoms with E-state index in [9.17, 15) is 0 Å². The highest BCUT2D eigenvalue weighted by atomic mass is 79.9. The molecule has 0 aliphatic heterocycles. The van der Waals surface area contributed by atoms with Crippen LogP contribution in [-0.4, -0.2) is 6.54 Å². The van der Waals surface area contributed by atoms with Crippen molar-refractivity contribution in [2.75, 3.05) is 6.54 Å². The number of hydrogen-bond acceptors (Lipinski definition) is 2. The van der Waals surface area contributed by atoms with E-state index in [0.29, 0.717) is 0 Å². The molecule has 0 aliphatic rings. The molecule has 0 spiro atoms. The van der Waals surface area contributed by atoms with Crippen LogP contribution in [0, 0.1) is 6.92 Å². The van der Waals surface area contributed by atoms with Gasteiger partial charge in [-0.1, -0.05) is 30.7 Å². The van der Waals surface area contributed by atoms with E-state index in [1.54, 1.807) is 11.3 Å². The van der Waals surface area contributed by atoms with Crippen LogP contribution in [0.1, 0.15) is 36.1 Å². The predicted molar refractivity (Wildman–Crippen MR) is 101 cm³/mol. The van der Waals surface area contributed by atoms with Gasteiger partial charge in [0, 0.05) is 11.1 Å². The lowest BCUT2D eigenvalue weighted by atomic mass is 10.00. The average molecular weight is 452 g/mol. The second-order valence-electron chi connectivity index (χ2n) is 5.09. The maximum absolute atomic E-state index is 6.39. The molecular weight excluding hydrogens is 434 g/mol. The first-order valence-corrected chi connectivity index (χ1v) is 9.72. The van der Waals surface area contributed by atoms with E-state index in [1.165, 1.54) is 20.5 Å². The molecule has 0 bridgehead atoms. The molecule has 0 fully saturated rings. The van der Waals surface area contributed by atoms with Gasteiger partial charge in [0.15, 0.2) is 0 Å². The Morgan fingerprint density at radius 3 is 2.62 bits per heavy atom. The minimum Gasteiger partial charge on any atom is -0.310 e. The summed E-state index contributed by atoms with van der Waals surface area (Å²) in [5, 5.41) is 4.48. The molecule has 1 unspecified atom stereocenters. The normalized spacial score (nSPS) is 12.6. The molecule has 1 N–H and O–H groups in total. The molecule has 114 valence electrons. The highest BCUT2D eigenvalue weighted by molar-refractivity contribution is 9.12. The Hall–Kier alpha value is 0.130. The van der Waals surface area contributed by atoms with Crippen LogP contribution < -0.4 is 5.32 Å². The topological polar surface area (TPSA) is 12.0 Å². The van der Waals surface area contributed by atoms with E-state index in [4.69, 9.17) is 11.6 Å². The van der Waals surface area contributed by atoms with Crippen molar-refractivity contribution < 1.29 is 0 Å². The molecule has 0 aliphatic carbocycles. The van der Waals surface area contributed by atoms with Crippen molar-refractivity contribution >= 4 is 54.8 Å². The predicted octanol–water partition coefficient (Wildman–Crippen LogP) is 6.52. The van der Waals surface area contributed by atoms with Gasteiger partial charge in [0.05, 0.1) is 7.57 Å². The van der Waals surface area contributed by atoms with Gasteiger partial charge in [-0.3, -0.25) is 0 Å².